The molecule has 0 saturated heterocycles. The van der Waals surface area contributed by atoms with Crippen molar-refractivity contribution >= 4 is 5.97 Å². The van der Waals surface area contributed by atoms with E-state index in [1.807, 2.05) is 18.2 Å². The van der Waals surface area contributed by atoms with Gasteiger partial charge in [-0.2, -0.15) is 0 Å². The largest absolute Gasteiger partial charge is 0.478 e. The molecule has 0 fully saturated rings. The highest BCUT2D eigenvalue weighted by Gasteiger charge is 1.92. The van der Waals surface area contributed by atoms with Gasteiger partial charge in [-0.3, -0.25) is 0 Å². The van der Waals surface area contributed by atoms with Gasteiger partial charge < -0.3 is 5.11 Å². The second-order valence-corrected chi connectivity index (χ2v) is 6.22. The van der Waals surface area contributed by atoms with Crippen molar-refractivity contribution < 1.29 is 9.90 Å². The van der Waals surface area contributed by atoms with E-state index in [1.54, 1.807) is 6.08 Å². The highest BCUT2D eigenvalue weighted by atomic mass is 16.4. The van der Waals surface area contributed by atoms with Gasteiger partial charge in [-0.25, -0.2) is 4.79 Å². The molecule has 0 unspecified atom stereocenters. The highest BCUT2D eigenvalue weighted by molar-refractivity contribution is 5.80. The smallest absolute Gasteiger partial charge is 0.328 e. The molecular formula is C22H36O2. The van der Waals surface area contributed by atoms with E-state index < -0.39 is 5.97 Å². The average Bonchev–Trinajstić information content (AvgIpc) is 2.56. The Labute approximate surface area is 149 Å². The highest BCUT2D eigenvalue weighted by Crippen LogP contribution is 2.11. The second-order valence-electron chi connectivity index (χ2n) is 6.22. The molecule has 0 aromatic heterocycles. The van der Waals surface area contributed by atoms with Crippen molar-refractivity contribution in [3.63, 3.8) is 0 Å². The zero-order valence-corrected chi connectivity index (χ0v) is 15.5. The van der Waals surface area contributed by atoms with Crippen LogP contribution in [0.4, 0.5) is 0 Å². The van der Waals surface area contributed by atoms with Crippen molar-refractivity contribution in [2.75, 3.05) is 0 Å². The van der Waals surface area contributed by atoms with Crippen molar-refractivity contribution in [1.29, 1.82) is 0 Å². The van der Waals surface area contributed by atoms with Crippen LogP contribution in [0, 0.1) is 0 Å². The molecule has 0 atom stereocenters. The van der Waals surface area contributed by atoms with Gasteiger partial charge in [-0.05, 0) is 12.8 Å². The molecule has 24 heavy (non-hydrogen) atoms. The molecule has 2 heteroatoms. The van der Waals surface area contributed by atoms with E-state index in [-0.39, 0.29) is 0 Å². The lowest BCUT2D eigenvalue weighted by molar-refractivity contribution is -0.131. The molecule has 2 nitrogen and oxygen atoms in total. The number of carbonyl (C=O) groups is 1. The normalized spacial score (nSPS) is 12.4. The second kappa shape index (κ2) is 19.5. The fraction of sp³-hybridized carbons (Fsp3) is 0.591. The van der Waals surface area contributed by atoms with Gasteiger partial charge >= 0.3 is 5.97 Å². The molecule has 0 rings (SSSR count). The summed E-state index contributed by atoms with van der Waals surface area (Å²) in [4.78, 5) is 10.2. The molecule has 0 aromatic rings. The fourth-order valence-electron chi connectivity index (χ4n) is 2.50. The van der Waals surface area contributed by atoms with Crippen LogP contribution in [0.3, 0.4) is 0 Å². The molecule has 0 saturated carbocycles. The Hall–Kier alpha value is -1.57. The Bertz CT molecular complexity index is 389. The summed E-state index contributed by atoms with van der Waals surface area (Å²) in [6.45, 7) is 2.27. The van der Waals surface area contributed by atoms with Crippen LogP contribution in [0.25, 0.3) is 0 Å². The zero-order valence-electron chi connectivity index (χ0n) is 15.5. The molecule has 0 heterocycles. The monoisotopic (exact) mass is 332 g/mol. The number of allylic oxidation sites excluding steroid dienone is 7. The molecule has 0 aliphatic heterocycles. The minimum Gasteiger partial charge on any atom is -0.478 e. The number of carboxylic acid groups (broad SMARTS) is 1. The Morgan fingerprint density at radius 2 is 1.12 bits per heavy atom. The van der Waals surface area contributed by atoms with E-state index >= 15 is 0 Å². The Kier molecular flexibility index (Phi) is 18.2. The third-order valence-corrected chi connectivity index (χ3v) is 3.90. The molecule has 0 radical (unpaired) electrons. The Balaban J connectivity index is 3.30. The minimum absolute atomic E-state index is 0.921. The van der Waals surface area contributed by atoms with E-state index in [2.05, 4.69) is 19.1 Å². The lowest BCUT2D eigenvalue weighted by Gasteiger charge is -2.01. The maximum Gasteiger partial charge on any atom is 0.328 e. The quantitative estimate of drug-likeness (QED) is 0.188. The molecule has 0 aliphatic rings. The van der Waals surface area contributed by atoms with Gasteiger partial charge in [-0.1, -0.05) is 114 Å². The first-order chi connectivity index (χ1) is 11.8. The van der Waals surface area contributed by atoms with Crippen LogP contribution in [0.5, 0.6) is 0 Å². The van der Waals surface area contributed by atoms with Crippen molar-refractivity contribution in [1.82, 2.24) is 0 Å². The van der Waals surface area contributed by atoms with Gasteiger partial charge in [-0.15, -0.1) is 0 Å². The number of rotatable bonds is 16. The van der Waals surface area contributed by atoms with E-state index in [4.69, 9.17) is 5.11 Å². The number of hydrogen-bond donors (Lipinski definition) is 1. The molecule has 1 N–H and O–H groups in total. The predicted octanol–water partition coefficient (Wildman–Crippen LogP) is 7.00. The molecule has 0 amide bonds. The summed E-state index contributed by atoms with van der Waals surface area (Å²) in [6, 6.07) is 0. The van der Waals surface area contributed by atoms with Crippen LogP contribution in [-0.2, 0) is 4.79 Å². The first kappa shape index (κ1) is 22.4. The maximum absolute atomic E-state index is 10.2. The van der Waals surface area contributed by atoms with Crippen LogP contribution >= 0.6 is 0 Å². The number of unbranched alkanes of at least 4 members (excludes halogenated alkanes) is 11. The topological polar surface area (TPSA) is 37.3 Å². The summed E-state index contributed by atoms with van der Waals surface area (Å²) in [6.07, 6.45) is 30.7. The number of hydrogen-bond acceptors (Lipinski definition) is 1. The minimum atomic E-state index is -0.921. The molecule has 0 aliphatic carbocycles. The predicted molar refractivity (Wildman–Crippen MR) is 105 cm³/mol. The lowest BCUT2D eigenvalue weighted by Crippen LogP contribution is -1.84. The summed E-state index contributed by atoms with van der Waals surface area (Å²) >= 11 is 0. The third-order valence-electron chi connectivity index (χ3n) is 3.90. The van der Waals surface area contributed by atoms with E-state index in [0.717, 1.165) is 12.5 Å². The summed E-state index contributed by atoms with van der Waals surface area (Å²) in [5, 5.41) is 8.41. The van der Waals surface area contributed by atoms with E-state index in [0.29, 0.717) is 0 Å². The average molecular weight is 333 g/mol. The van der Waals surface area contributed by atoms with Crippen LogP contribution in [0.15, 0.2) is 48.6 Å². The molecule has 0 spiro atoms. The number of carboxylic acids is 1. The third kappa shape index (κ3) is 20.4. The summed E-state index contributed by atoms with van der Waals surface area (Å²) in [5.41, 5.74) is 0. The Morgan fingerprint density at radius 3 is 1.67 bits per heavy atom. The van der Waals surface area contributed by atoms with Crippen LogP contribution in [-0.4, -0.2) is 11.1 Å². The maximum atomic E-state index is 10.2. The van der Waals surface area contributed by atoms with Crippen LogP contribution < -0.4 is 0 Å². The first-order valence-electron chi connectivity index (χ1n) is 9.67. The van der Waals surface area contributed by atoms with Gasteiger partial charge in [0.2, 0.25) is 0 Å². The molecule has 136 valence electrons. The van der Waals surface area contributed by atoms with Crippen molar-refractivity contribution in [2.24, 2.45) is 0 Å². The van der Waals surface area contributed by atoms with Gasteiger partial charge in [0.05, 0.1) is 0 Å². The van der Waals surface area contributed by atoms with Crippen LogP contribution in [0.1, 0.15) is 84.0 Å². The molecule has 0 aromatic carbocycles. The summed E-state index contributed by atoms with van der Waals surface area (Å²) < 4.78 is 0. The molecule has 0 bridgehead atoms. The Morgan fingerprint density at radius 1 is 0.667 bits per heavy atom. The van der Waals surface area contributed by atoms with Gasteiger partial charge in [0, 0.05) is 6.08 Å². The van der Waals surface area contributed by atoms with Gasteiger partial charge in [0.1, 0.15) is 0 Å². The van der Waals surface area contributed by atoms with Crippen molar-refractivity contribution in [3.05, 3.63) is 48.6 Å². The number of aliphatic carboxylic acids is 1. The van der Waals surface area contributed by atoms with E-state index in [9.17, 15) is 4.79 Å². The van der Waals surface area contributed by atoms with Crippen LogP contribution in [0.2, 0.25) is 0 Å². The van der Waals surface area contributed by atoms with E-state index in [1.165, 1.54) is 76.7 Å². The van der Waals surface area contributed by atoms with Crippen molar-refractivity contribution in [3.8, 4) is 0 Å². The van der Waals surface area contributed by atoms with Gasteiger partial charge in [0.15, 0.2) is 0 Å². The van der Waals surface area contributed by atoms with Gasteiger partial charge in [0.25, 0.3) is 0 Å². The summed E-state index contributed by atoms with van der Waals surface area (Å²) in [5.74, 6) is -0.921. The molecular weight excluding hydrogens is 296 g/mol. The standard InChI is InChI=1S/C22H36O2/c1-2-3-4-5-6-7-8-9-10-11-12-13-14-15-16-17-18-19-20-21-22(23)24/h14-21H,2-13H2,1H3,(H,23,24)/b15-14?,17-16?,19-18+,21-20-. The lowest BCUT2D eigenvalue weighted by atomic mass is 10.1. The SMILES string of the molecule is CCCCCCCCCCCCCC=CC=C/C=C/C=C\C(=O)O. The fourth-order valence-corrected chi connectivity index (χ4v) is 2.50. The first-order valence-corrected chi connectivity index (χ1v) is 9.67. The zero-order chi connectivity index (χ0) is 17.7. The summed E-state index contributed by atoms with van der Waals surface area (Å²) in [7, 11) is 0. The van der Waals surface area contributed by atoms with Crippen molar-refractivity contribution in [2.45, 2.75) is 84.0 Å².